The smallest absolute Gasteiger partial charge is 0.262 e. The van der Waals surface area contributed by atoms with E-state index in [0.29, 0.717) is 22.6 Å². The second-order valence-electron chi connectivity index (χ2n) is 6.02. The summed E-state index contributed by atoms with van der Waals surface area (Å²) >= 11 is 1.31. The first-order valence-corrected chi connectivity index (χ1v) is 9.17. The Hall–Kier alpha value is -2.60. The maximum absolute atomic E-state index is 13.0. The van der Waals surface area contributed by atoms with E-state index in [1.54, 1.807) is 24.7 Å². The van der Waals surface area contributed by atoms with Crippen LogP contribution in [-0.2, 0) is 11.3 Å². The van der Waals surface area contributed by atoms with E-state index in [1.807, 2.05) is 49.4 Å². The van der Waals surface area contributed by atoms with E-state index >= 15 is 0 Å². The Balaban J connectivity index is 2.08. The molecule has 6 heteroatoms. The average molecular weight is 368 g/mol. The van der Waals surface area contributed by atoms with E-state index in [2.05, 4.69) is 4.98 Å². The molecule has 0 saturated carbocycles. The molecule has 1 aromatic heterocycles. The molecule has 3 aromatic rings. The molecule has 1 heterocycles. The fourth-order valence-electron chi connectivity index (χ4n) is 2.53. The molecule has 134 valence electrons. The van der Waals surface area contributed by atoms with Gasteiger partial charge in [-0.25, -0.2) is 4.98 Å². The second-order valence-corrected chi connectivity index (χ2v) is 7.33. The third-order valence-electron chi connectivity index (χ3n) is 4.18. The number of nitrogens with zero attached hydrogens (tertiary/aromatic N) is 2. The van der Waals surface area contributed by atoms with Crippen LogP contribution >= 0.6 is 11.8 Å². The first-order valence-electron chi connectivity index (χ1n) is 8.29. The van der Waals surface area contributed by atoms with Gasteiger partial charge in [0, 0.05) is 0 Å². The van der Waals surface area contributed by atoms with Crippen LogP contribution in [-0.4, -0.2) is 27.7 Å². The standard InChI is InChI=1S/C20H20N2O3S/c1-13(23)14(2)26-20-21-18-7-5-4-6-17(18)19(24)22(20)12-15-8-10-16(25-3)11-9-15/h4-11,14H,12H2,1-3H3/t14-/m0/s1. The fraction of sp³-hybridized carbons (Fsp3) is 0.250. The van der Waals surface area contributed by atoms with Crippen LogP contribution in [0.15, 0.2) is 58.5 Å². The van der Waals surface area contributed by atoms with E-state index < -0.39 is 0 Å². The van der Waals surface area contributed by atoms with E-state index in [9.17, 15) is 9.59 Å². The van der Waals surface area contributed by atoms with Gasteiger partial charge in [0.1, 0.15) is 11.5 Å². The molecule has 0 aliphatic heterocycles. The average Bonchev–Trinajstić information content (AvgIpc) is 2.65. The summed E-state index contributed by atoms with van der Waals surface area (Å²) in [6, 6.07) is 14.8. The summed E-state index contributed by atoms with van der Waals surface area (Å²) in [7, 11) is 1.62. The quantitative estimate of drug-likeness (QED) is 0.492. The van der Waals surface area contributed by atoms with Gasteiger partial charge in [0.25, 0.3) is 5.56 Å². The fourth-order valence-corrected chi connectivity index (χ4v) is 3.44. The number of thioether (sulfide) groups is 1. The molecule has 26 heavy (non-hydrogen) atoms. The van der Waals surface area contributed by atoms with Crippen LogP contribution in [0.3, 0.4) is 0 Å². The third-order valence-corrected chi connectivity index (χ3v) is 5.39. The number of carbonyl (C=O) groups is 1. The zero-order valence-electron chi connectivity index (χ0n) is 14.9. The Bertz CT molecular complexity index is 996. The van der Waals surface area contributed by atoms with Gasteiger partial charge in [-0.05, 0) is 43.7 Å². The van der Waals surface area contributed by atoms with Crippen molar-refractivity contribution in [2.75, 3.05) is 7.11 Å². The molecule has 0 bridgehead atoms. The molecule has 0 saturated heterocycles. The number of rotatable bonds is 6. The van der Waals surface area contributed by atoms with E-state index in [0.717, 1.165) is 11.3 Å². The minimum Gasteiger partial charge on any atom is -0.497 e. The van der Waals surface area contributed by atoms with Crippen molar-refractivity contribution in [3.8, 4) is 5.75 Å². The number of hydrogen-bond acceptors (Lipinski definition) is 5. The highest BCUT2D eigenvalue weighted by Crippen LogP contribution is 2.24. The molecule has 0 aliphatic carbocycles. The van der Waals surface area contributed by atoms with Crippen LogP contribution < -0.4 is 10.3 Å². The van der Waals surface area contributed by atoms with Gasteiger partial charge in [-0.15, -0.1) is 0 Å². The Kier molecular flexibility index (Phi) is 5.42. The summed E-state index contributed by atoms with van der Waals surface area (Å²) in [6.07, 6.45) is 0. The molecule has 0 unspecified atom stereocenters. The molecule has 1 atom stereocenters. The lowest BCUT2D eigenvalue weighted by Crippen LogP contribution is -2.25. The van der Waals surface area contributed by atoms with Crippen molar-refractivity contribution in [1.82, 2.24) is 9.55 Å². The zero-order chi connectivity index (χ0) is 18.7. The number of fused-ring (bicyclic) bond motifs is 1. The SMILES string of the molecule is COc1ccc(Cn2c(S[C@@H](C)C(C)=O)nc3ccccc3c2=O)cc1. The molecule has 0 fully saturated rings. The van der Waals surface area contributed by atoms with Crippen LogP contribution in [0.5, 0.6) is 5.75 Å². The number of aromatic nitrogens is 2. The minimum absolute atomic E-state index is 0.0494. The van der Waals surface area contributed by atoms with E-state index in [1.165, 1.54) is 11.8 Å². The number of methoxy groups -OCH3 is 1. The summed E-state index contributed by atoms with van der Waals surface area (Å²) < 4.78 is 6.81. The molecule has 3 rings (SSSR count). The van der Waals surface area contributed by atoms with Crippen LogP contribution in [0, 0.1) is 0 Å². The Morgan fingerprint density at radius 3 is 2.54 bits per heavy atom. The molecular formula is C20H20N2O3S. The van der Waals surface area contributed by atoms with Crippen LogP contribution in [0.4, 0.5) is 0 Å². The predicted octanol–water partition coefficient (Wildman–Crippen LogP) is 3.52. The lowest BCUT2D eigenvalue weighted by Gasteiger charge is -2.15. The first-order chi connectivity index (χ1) is 12.5. The topological polar surface area (TPSA) is 61.2 Å². The van der Waals surface area contributed by atoms with Gasteiger partial charge in [-0.2, -0.15) is 0 Å². The molecule has 0 N–H and O–H groups in total. The van der Waals surface area contributed by atoms with Crippen LogP contribution in [0.2, 0.25) is 0 Å². The Morgan fingerprint density at radius 1 is 1.19 bits per heavy atom. The van der Waals surface area contributed by atoms with Crippen molar-refractivity contribution in [3.05, 3.63) is 64.4 Å². The van der Waals surface area contributed by atoms with Crippen molar-refractivity contribution < 1.29 is 9.53 Å². The van der Waals surface area contributed by atoms with Gasteiger partial charge >= 0.3 is 0 Å². The number of carbonyl (C=O) groups excluding carboxylic acids is 1. The molecule has 0 spiro atoms. The molecule has 0 aliphatic rings. The number of para-hydroxylation sites is 1. The van der Waals surface area contributed by atoms with Crippen molar-refractivity contribution in [3.63, 3.8) is 0 Å². The second kappa shape index (κ2) is 7.74. The molecular weight excluding hydrogens is 348 g/mol. The van der Waals surface area contributed by atoms with Crippen LogP contribution in [0.1, 0.15) is 19.4 Å². The summed E-state index contributed by atoms with van der Waals surface area (Å²) in [5, 5.41) is 0.846. The van der Waals surface area contributed by atoms with Gasteiger partial charge in [0.05, 0.1) is 29.8 Å². The van der Waals surface area contributed by atoms with E-state index in [-0.39, 0.29) is 16.6 Å². The molecule has 2 aromatic carbocycles. The van der Waals surface area contributed by atoms with Gasteiger partial charge in [-0.3, -0.25) is 14.2 Å². The summed E-state index contributed by atoms with van der Waals surface area (Å²) in [5.41, 5.74) is 1.49. The van der Waals surface area contributed by atoms with Gasteiger partial charge < -0.3 is 4.74 Å². The number of hydrogen-bond donors (Lipinski definition) is 0. The van der Waals surface area contributed by atoms with E-state index in [4.69, 9.17) is 4.74 Å². The maximum Gasteiger partial charge on any atom is 0.262 e. The highest BCUT2D eigenvalue weighted by atomic mass is 32.2. The van der Waals surface area contributed by atoms with Crippen molar-refractivity contribution in [1.29, 1.82) is 0 Å². The number of Topliss-reactive ketones (excluding diaryl/α,β-unsaturated/α-hetero) is 1. The normalized spacial score (nSPS) is 12.1. The Morgan fingerprint density at radius 2 is 1.88 bits per heavy atom. The minimum atomic E-state index is -0.273. The predicted molar refractivity (Wildman–Crippen MR) is 104 cm³/mol. The zero-order valence-corrected chi connectivity index (χ0v) is 15.7. The lowest BCUT2D eigenvalue weighted by molar-refractivity contribution is -0.116. The van der Waals surface area contributed by atoms with Gasteiger partial charge in [0.2, 0.25) is 0 Å². The molecule has 0 amide bonds. The number of ether oxygens (including phenoxy) is 1. The number of benzene rings is 2. The van der Waals surface area contributed by atoms with Crippen molar-refractivity contribution in [2.24, 2.45) is 0 Å². The Labute approximate surface area is 156 Å². The highest BCUT2D eigenvalue weighted by molar-refractivity contribution is 8.00. The van der Waals surface area contributed by atoms with Crippen molar-refractivity contribution in [2.45, 2.75) is 30.8 Å². The highest BCUT2D eigenvalue weighted by Gasteiger charge is 2.17. The van der Waals surface area contributed by atoms with Crippen molar-refractivity contribution >= 4 is 28.4 Å². The summed E-state index contributed by atoms with van der Waals surface area (Å²) in [6.45, 7) is 3.75. The maximum atomic E-state index is 13.0. The largest absolute Gasteiger partial charge is 0.497 e. The van der Waals surface area contributed by atoms with Gasteiger partial charge in [0.15, 0.2) is 5.16 Å². The third kappa shape index (κ3) is 3.80. The first kappa shape index (κ1) is 18.2. The number of ketones is 1. The summed E-state index contributed by atoms with van der Waals surface area (Å²) in [5.74, 6) is 0.811. The monoisotopic (exact) mass is 368 g/mol. The van der Waals surface area contributed by atoms with Gasteiger partial charge in [-0.1, -0.05) is 36.0 Å². The lowest BCUT2D eigenvalue weighted by atomic mass is 10.2. The molecule has 0 radical (unpaired) electrons. The van der Waals surface area contributed by atoms with Crippen LogP contribution in [0.25, 0.3) is 10.9 Å². The molecule has 5 nitrogen and oxygen atoms in total. The summed E-state index contributed by atoms with van der Waals surface area (Å²) in [4.78, 5) is 29.4.